The van der Waals surface area contributed by atoms with E-state index in [-0.39, 0.29) is 17.6 Å². The average Bonchev–Trinajstić information content (AvgIpc) is 2.99. The Bertz CT molecular complexity index is 773. The molecule has 0 atom stereocenters. The van der Waals surface area contributed by atoms with Crippen molar-refractivity contribution < 1.29 is 23.5 Å². The standard InChI is InChI=1S/C16H18FN3O4S/c1-16(2,3)24-15(22)20(14-19-7-11(9-21)25-14)8-10-5-12(17)13(23-4)18-6-10/h5-7,9H,8H2,1-4H3. The number of carbonyl (C=O) groups excluding carboxylic acids is 2. The van der Waals surface area contributed by atoms with Crippen LogP contribution in [0, 0.1) is 5.82 Å². The molecular formula is C16H18FN3O4S. The molecule has 134 valence electrons. The van der Waals surface area contributed by atoms with Crippen molar-refractivity contribution in [3.63, 3.8) is 0 Å². The number of amides is 1. The molecular weight excluding hydrogens is 349 g/mol. The molecule has 25 heavy (non-hydrogen) atoms. The summed E-state index contributed by atoms with van der Waals surface area (Å²) < 4.78 is 24.0. The van der Waals surface area contributed by atoms with Gasteiger partial charge in [-0.3, -0.25) is 4.79 Å². The molecule has 9 heteroatoms. The number of pyridine rings is 1. The molecule has 0 spiro atoms. The zero-order chi connectivity index (χ0) is 18.6. The van der Waals surface area contributed by atoms with Crippen LogP contribution in [0.15, 0.2) is 18.5 Å². The van der Waals surface area contributed by atoms with Crippen LogP contribution < -0.4 is 9.64 Å². The summed E-state index contributed by atoms with van der Waals surface area (Å²) in [5.41, 5.74) is -0.296. The Hall–Kier alpha value is -2.55. The van der Waals surface area contributed by atoms with E-state index in [1.807, 2.05) is 0 Å². The third-order valence-electron chi connectivity index (χ3n) is 2.87. The van der Waals surface area contributed by atoms with Gasteiger partial charge in [0.15, 0.2) is 17.2 Å². The van der Waals surface area contributed by atoms with E-state index in [2.05, 4.69) is 9.97 Å². The number of aromatic nitrogens is 2. The molecule has 0 radical (unpaired) electrons. The third-order valence-corrected chi connectivity index (χ3v) is 3.82. The molecule has 2 aromatic rings. The minimum absolute atomic E-state index is 0.0192. The van der Waals surface area contributed by atoms with Crippen LogP contribution in [0.3, 0.4) is 0 Å². The lowest BCUT2D eigenvalue weighted by Crippen LogP contribution is -2.36. The second kappa shape index (κ2) is 7.56. The van der Waals surface area contributed by atoms with E-state index in [9.17, 15) is 14.0 Å². The molecule has 0 saturated carbocycles. The molecule has 0 aliphatic rings. The number of nitrogens with zero attached hydrogens (tertiary/aromatic N) is 3. The van der Waals surface area contributed by atoms with E-state index in [0.29, 0.717) is 16.7 Å². The van der Waals surface area contributed by atoms with E-state index >= 15 is 0 Å². The lowest BCUT2D eigenvalue weighted by atomic mass is 10.2. The van der Waals surface area contributed by atoms with Gasteiger partial charge < -0.3 is 9.47 Å². The molecule has 0 aliphatic carbocycles. The van der Waals surface area contributed by atoms with Crippen LogP contribution in [0.1, 0.15) is 36.0 Å². The van der Waals surface area contributed by atoms with Crippen LogP contribution in [-0.2, 0) is 11.3 Å². The fraction of sp³-hybridized carbons (Fsp3) is 0.375. The van der Waals surface area contributed by atoms with Gasteiger partial charge in [0, 0.05) is 6.20 Å². The van der Waals surface area contributed by atoms with Gasteiger partial charge in [-0.2, -0.15) is 0 Å². The Morgan fingerprint density at radius 1 is 1.36 bits per heavy atom. The molecule has 2 aromatic heterocycles. The summed E-state index contributed by atoms with van der Waals surface area (Å²) in [6.07, 6.45) is 2.74. The summed E-state index contributed by atoms with van der Waals surface area (Å²) in [6.45, 7) is 5.18. The minimum Gasteiger partial charge on any atom is -0.479 e. The van der Waals surface area contributed by atoms with Crippen molar-refractivity contribution >= 4 is 28.8 Å². The SMILES string of the molecule is COc1ncc(CN(C(=O)OC(C)(C)C)c2ncc(C=O)s2)cc1F. The normalized spacial score (nSPS) is 11.1. The third kappa shape index (κ3) is 4.96. The van der Waals surface area contributed by atoms with Crippen molar-refractivity contribution in [1.82, 2.24) is 9.97 Å². The first-order chi connectivity index (χ1) is 11.7. The van der Waals surface area contributed by atoms with Crippen molar-refractivity contribution in [1.29, 1.82) is 0 Å². The number of rotatable bonds is 5. The highest BCUT2D eigenvalue weighted by molar-refractivity contribution is 7.17. The second-order valence-electron chi connectivity index (χ2n) is 6.06. The second-order valence-corrected chi connectivity index (χ2v) is 7.10. The average molecular weight is 367 g/mol. The molecule has 0 aromatic carbocycles. The zero-order valence-corrected chi connectivity index (χ0v) is 15.1. The predicted molar refractivity (Wildman–Crippen MR) is 90.7 cm³/mol. The number of carbonyl (C=O) groups is 2. The topological polar surface area (TPSA) is 81.6 Å². The summed E-state index contributed by atoms with van der Waals surface area (Å²) in [5, 5.41) is 0.271. The van der Waals surface area contributed by atoms with Crippen molar-refractivity contribution in [2.45, 2.75) is 32.9 Å². The lowest BCUT2D eigenvalue weighted by molar-refractivity contribution is 0.0577. The molecule has 0 unspecified atom stereocenters. The number of hydrogen-bond donors (Lipinski definition) is 0. The van der Waals surface area contributed by atoms with Crippen molar-refractivity contribution in [2.24, 2.45) is 0 Å². The van der Waals surface area contributed by atoms with Crippen LogP contribution in [0.4, 0.5) is 14.3 Å². The molecule has 0 fully saturated rings. The lowest BCUT2D eigenvalue weighted by Gasteiger charge is -2.25. The maximum absolute atomic E-state index is 13.9. The molecule has 2 rings (SSSR count). The van der Waals surface area contributed by atoms with Gasteiger partial charge in [0.2, 0.25) is 5.88 Å². The number of hydrogen-bond acceptors (Lipinski definition) is 7. The highest BCUT2D eigenvalue weighted by Gasteiger charge is 2.26. The number of methoxy groups -OCH3 is 1. The monoisotopic (exact) mass is 367 g/mol. The van der Waals surface area contributed by atoms with Crippen LogP contribution in [0.2, 0.25) is 0 Å². The first-order valence-electron chi connectivity index (χ1n) is 7.33. The van der Waals surface area contributed by atoms with Gasteiger partial charge >= 0.3 is 6.09 Å². The minimum atomic E-state index is -0.719. The van der Waals surface area contributed by atoms with E-state index in [1.165, 1.54) is 30.5 Å². The van der Waals surface area contributed by atoms with E-state index in [0.717, 1.165) is 11.3 Å². The number of aldehydes is 1. The molecule has 0 N–H and O–H groups in total. The van der Waals surface area contributed by atoms with Gasteiger partial charge in [-0.25, -0.2) is 24.1 Å². The van der Waals surface area contributed by atoms with Crippen LogP contribution >= 0.6 is 11.3 Å². The largest absolute Gasteiger partial charge is 0.479 e. The molecule has 7 nitrogen and oxygen atoms in total. The summed E-state index contributed by atoms with van der Waals surface area (Å²) in [4.78, 5) is 32.9. The summed E-state index contributed by atoms with van der Waals surface area (Å²) >= 11 is 1.03. The number of halogens is 1. The number of thiazole rings is 1. The van der Waals surface area contributed by atoms with Gasteiger partial charge in [0.1, 0.15) is 5.60 Å². The fourth-order valence-corrected chi connectivity index (χ4v) is 2.59. The molecule has 2 heterocycles. The summed E-state index contributed by atoms with van der Waals surface area (Å²) in [5.74, 6) is -0.776. The highest BCUT2D eigenvalue weighted by atomic mass is 32.1. The van der Waals surface area contributed by atoms with E-state index in [4.69, 9.17) is 9.47 Å². The van der Waals surface area contributed by atoms with Crippen molar-refractivity contribution in [2.75, 3.05) is 12.0 Å². The van der Waals surface area contributed by atoms with E-state index < -0.39 is 17.5 Å². The first-order valence-corrected chi connectivity index (χ1v) is 8.15. The molecule has 1 amide bonds. The van der Waals surface area contributed by atoms with Gasteiger partial charge in [-0.05, 0) is 32.4 Å². The maximum Gasteiger partial charge on any atom is 0.416 e. The fourth-order valence-electron chi connectivity index (χ4n) is 1.87. The van der Waals surface area contributed by atoms with Crippen molar-refractivity contribution in [3.05, 3.63) is 34.7 Å². The van der Waals surface area contributed by atoms with Gasteiger partial charge in [-0.15, -0.1) is 0 Å². The van der Waals surface area contributed by atoms with Crippen LogP contribution in [0.25, 0.3) is 0 Å². The van der Waals surface area contributed by atoms with Crippen LogP contribution in [-0.4, -0.2) is 35.1 Å². The molecule has 0 saturated heterocycles. The van der Waals surface area contributed by atoms with Crippen molar-refractivity contribution in [3.8, 4) is 5.88 Å². The van der Waals surface area contributed by atoms with Gasteiger partial charge in [-0.1, -0.05) is 11.3 Å². The van der Waals surface area contributed by atoms with E-state index in [1.54, 1.807) is 20.8 Å². The molecule has 0 aliphatic heterocycles. The Morgan fingerprint density at radius 3 is 2.60 bits per heavy atom. The predicted octanol–water partition coefficient (Wildman–Crippen LogP) is 3.44. The summed E-state index contributed by atoms with van der Waals surface area (Å²) in [6, 6.07) is 1.22. The quantitative estimate of drug-likeness (QED) is 0.753. The maximum atomic E-state index is 13.9. The smallest absolute Gasteiger partial charge is 0.416 e. The Morgan fingerprint density at radius 2 is 2.08 bits per heavy atom. The zero-order valence-electron chi connectivity index (χ0n) is 14.3. The Balaban J connectivity index is 2.32. The van der Waals surface area contributed by atoms with Gasteiger partial charge in [0.25, 0.3) is 0 Å². The highest BCUT2D eigenvalue weighted by Crippen LogP contribution is 2.26. The summed E-state index contributed by atoms with van der Waals surface area (Å²) in [7, 11) is 1.31. The Labute approximate surface area is 148 Å². The number of ether oxygens (including phenoxy) is 2. The first kappa shape index (κ1) is 18.8. The van der Waals surface area contributed by atoms with Crippen LogP contribution in [0.5, 0.6) is 5.88 Å². The Kier molecular flexibility index (Phi) is 5.68. The number of anilines is 1. The van der Waals surface area contributed by atoms with Gasteiger partial charge in [0.05, 0.1) is 24.7 Å². The molecule has 0 bridgehead atoms.